The quantitative estimate of drug-likeness (QED) is 0.304. The molecule has 0 saturated heterocycles. The summed E-state index contributed by atoms with van der Waals surface area (Å²) in [7, 11) is 0. The molecular weight excluding hydrogens is 308 g/mol. The summed E-state index contributed by atoms with van der Waals surface area (Å²) in [6, 6.07) is 0. The van der Waals surface area contributed by atoms with E-state index in [0.29, 0.717) is 32.4 Å². The number of hydrogen-bond donors (Lipinski definition) is 3. The molecule has 0 heterocycles. The molecule has 0 aromatic heterocycles. The van der Waals surface area contributed by atoms with Crippen molar-refractivity contribution in [2.24, 2.45) is 4.99 Å². The van der Waals surface area contributed by atoms with Gasteiger partial charge in [-0.15, -0.1) is 0 Å². The first-order chi connectivity index (χ1) is 11.5. The summed E-state index contributed by atoms with van der Waals surface area (Å²) in [5.74, 6) is -0.0120. The van der Waals surface area contributed by atoms with Crippen molar-refractivity contribution in [1.29, 1.82) is 0 Å². The van der Waals surface area contributed by atoms with Gasteiger partial charge in [-0.25, -0.2) is 0 Å². The third kappa shape index (κ3) is 12.6. The minimum atomic E-state index is -0.153. The van der Waals surface area contributed by atoms with E-state index in [4.69, 9.17) is 0 Å². The average Bonchev–Trinajstić information content (AvgIpc) is 2.51. The highest BCUT2D eigenvalue weighted by Crippen LogP contribution is 1.93. The molecular formula is C17H32N4O3. The van der Waals surface area contributed by atoms with Gasteiger partial charge in [0.1, 0.15) is 0 Å². The highest BCUT2D eigenvalue weighted by atomic mass is 16.2. The smallest absolute Gasteiger partial charge is 0.226 e. The number of aliphatic imine (C=N–C) groups is 1. The number of unbranched alkanes of at least 4 members (excludes halogenated alkanes) is 1. The van der Waals surface area contributed by atoms with Crippen LogP contribution < -0.4 is 16.0 Å². The second-order valence-electron chi connectivity index (χ2n) is 5.63. The van der Waals surface area contributed by atoms with Gasteiger partial charge in [0.25, 0.3) is 0 Å². The Morgan fingerprint density at radius 1 is 0.750 bits per heavy atom. The molecule has 138 valence electrons. The Bertz CT molecular complexity index is 400. The van der Waals surface area contributed by atoms with Crippen molar-refractivity contribution >= 4 is 23.7 Å². The van der Waals surface area contributed by atoms with E-state index in [9.17, 15) is 14.4 Å². The Balaban J connectivity index is 4.24. The summed E-state index contributed by atoms with van der Waals surface area (Å²) in [6.45, 7) is 6.90. The molecule has 24 heavy (non-hydrogen) atoms. The van der Waals surface area contributed by atoms with Crippen molar-refractivity contribution in [1.82, 2.24) is 16.0 Å². The van der Waals surface area contributed by atoms with Crippen LogP contribution in [0.25, 0.3) is 0 Å². The Morgan fingerprint density at radius 2 is 1.25 bits per heavy atom. The maximum Gasteiger partial charge on any atom is 0.226 e. The van der Waals surface area contributed by atoms with Gasteiger partial charge in [-0.2, -0.15) is 0 Å². The van der Waals surface area contributed by atoms with E-state index < -0.39 is 0 Å². The molecule has 0 aliphatic rings. The van der Waals surface area contributed by atoms with Crippen molar-refractivity contribution in [3.63, 3.8) is 0 Å². The number of carbonyl (C=O) groups excluding carboxylic acids is 3. The van der Waals surface area contributed by atoms with Crippen molar-refractivity contribution < 1.29 is 14.4 Å². The number of guanidine groups is 1. The van der Waals surface area contributed by atoms with Gasteiger partial charge in [-0.3, -0.25) is 30.0 Å². The summed E-state index contributed by atoms with van der Waals surface area (Å²) in [5.41, 5.74) is 0. The van der Waals surface area contributed by atoms with E-state index in [1.165, 1.54) is 0 Å². The second kappa shape index (κ2) is 14.7. The largest absolute Gasteiger partial charge is 0.356 e. The van der Waals surface area contributed by atoms with E-state index in [-0.39, 0.29) is 23.7 Å². The molecule has 7 nitrogen and oxygen atoms in total. The molecule has 0 aliphatic heterocycles. The number of amides is 3. The zero-order valence-electron chi connectivity index (χ0n) is 15.2. The lowest BCUT2D eigenvalue weighted by Crippen LogP contribution is -2.43. The van der Waals surface area contributed by atoms with E-state index in [0.717, 1.165) is 32.1 Å². The van der Waals surface area contributed by atoms with Crippen molar-refractivity contribution in [2.45, 2.75) is 72.1 Å². The zero-order valence-corrected chi connectivity index (χ0v) is 15.2. The molecule has 3 amide bonds. The van der Waals surface area contributed by atoms with Gasteiger partial charge >= 0.3 is 0 Å². The number of nitrogens with one attached hydrogen (secondary N) is 3. The molecule has 0 unspecified atom stereocenters. The van der Waals surface area contributed by atoms with Crippen LogP contribution in [-0.2, 0) is 14.4 Å². The van der Waals surface area contributed by atoms with Crippen molar-refractivity contribution in [2.75, 3.05) is 13.1 Å². The molecule has 0 aromatic rings. The van der Waals surface area contributed by atoms with Crippen LogP contribution in [0.2, 0.25) is 0 Å². The number of carbonyl (C=O) groups is 3. The molecule has 0 aliphatic carbocycles. The first-order valence-electron chi connectivity index (χ1n) is 8.94. The maximum absolute atomic E-state index is 11.7. The molecule has 0 radical (unpaired) electrons. The summed E-state index contributed by atoms with van der Waals surface area (Å²) in [6.07, 6.45) is 5.22. The molecule has 3 N–H and O–H groups in total. The summed E-state index contributed by atoms with van der Waals surface area (Å²) >= 11 is 0. The zero-order chi connectivity index (χ0) is 18.2. The predicted octanol–water partition coefficient (Wildman–Crippen LogP) is 1.87. The highest BCUT2D eigenvalue weighted by Gasteiger charge is 2.08. The average molecular weight is 340 g/mol. The van der Waals surface area contributed by atoms with Gasteiger partial charge in [0.15, 0.2) is 0 Å². The Hall–Kier alpha value is -1.92. The Labute approximate surface area is 145 Å². The molecule has 0 atom stereocenters. The molecule has 0 rings (SSSR count). The van der Waals surface area contributed by atoms with Crippen LogP contribution in [0.4, 0.5) is 0 Å². The van der Waals surface area contributed by atoms with Gasteiger partial charge in [0.05, 0.1) is 0 Å². The number of hydrogen-bond acceptors (Lipinski definition) is 4. The van der Waals surface area contributed by atoms with Gasteiger partial charge in [-0.05, 0) is 32.1 Å². The number of nitrogens with zero attached hydrogens (tertiary/aromatic N) is 1. The topological polar surface area (TPSA) is 99.7 Å². The molecule has 7 heteroatoms. The fourth-order valence-electron chi connectivity index (χ4n) is 1.92. The van der Waals surface area contributed by atoms with Crippen molar-refractivity contribution in [3.8, 4) is 0 Å². The Kier molecular flexibility index (Phi) is 13.5. The van der Waals surface area contributed by atoms with Gasteiger partial charge < -0.3 is 5.32 Å². The van der Waals surface area contributed by atoms with E-state index >= 15 is 0 Å². The van der Waals surface area contributed by atoms with Crippen LogP contribution in [0.15, 0.2) is 4.99 Å². The van der Waals surface area contributed by atoms with Crippen LogP contribution in [0.5, 0.6) is 0 Å². The molecule has 0 saturated carbocycles. The van der Waals surface area contributed by atoms with E-state index in [2.05, 4.69) is 20.9 Å². The van der Waals surface area contributed by atoms with E-state index in [1.54, 1.807) is 0 Å². The SMILES string of the molecule is CCCC(=O)NCCCCN=C(NC(=O)CCC)NC(=O)CCC. The summed E-state index contributed by atoms with van der Waals surface area (Å²) in [5, 5.41) is 8.13. The fraction of sp³-hybridized carbons (Fsp3) is 0.765. The highest BCUT2D eigenvalue weighted by molar-refractivity contribution is 6.04. The Morgan fingerprint density at radius 3 is 1.75 bits per heavy atom. The van der Waals surface area contributed by atoms with Crippen LogP contribution >= 0.6 is 0 Å². The molecule has 0 bridgehead atoms. The van der Waals surface area contributed by atoms with E-state index in [1.807, 2.05) is 20.8 Å². The summed E-state index contributed by atoms with van der Waals surface area (Å²) < 4.78 is 0. The third-order valence-electron chi connectivity index (χ3n) is 3.12. The first-order valence-corrected chi connectivity index (χ1v) is 8.94. The normalized spacial score (nSPS) is 9.96. The molecule has 0 fully saturated rings. The fourth-order valence-corrected chi connectivity index (χ4v) is 1.92. The standard InChI is InChI=1S/C17H32N4O3/c1-4-9-14(22)18-12-7-8-13-19-17(20-15(23)10-5-2)21-16(24)11-6-3/h4-13H2,1-3H3,(H,18,22)(H2,19,20,21,23,24). The van der Waals surface area contributed by atoms with Crippen LogP contribution in [0, 0.1) is 0 Å². The first kappa shape index (κ1) is 22.1. The summed E-state index contributed by atoms with van der Waals surface area (Å²) in [4.78, 5) is 38.9. The lowest BCUT2D eigenvalue weighted by atomic mass is 10.3. The molecule has 0 spiro atoms. The number of rotatable bonds is 11. The monoisotopic (exact) mass is 340 g/mol. The van der Waals surface area contributed by atoms with Gasteiger partial charge in [0.2, 0.25) is 23.7 Å². The lowest BCUT2D eigenvalue weighted by molar-refractivity contribution is -0.121. The van der Waals surface area contributed by atoms with Crippen LogP contribution in [-0.4, -0.2) is 36.8 Å². The minimum absolute atomic E-state index is 0.0698. The van der Waals surface area contributed by atoms with Gasteiger partial charge in [0, 0.05) is 32.4 Å². The predicted molar refractivity (Wildman–Crippen MR) is 95.6 cm³/mol. The van der Waals surface area contributed by atoms with Crippen LogP contribution in [0.1, 0.15) is 72.1 Å². The van der Waals surface area contributed by atoms with Crippen LogP contribution in [0.3, 0.4) is 0 Å². The van der Waals surface area contributed by atoms with Gasteiger partial charge in [-0.1, -0.05) is 20.8 Å². The molecule has 0 aromatic carbocycles. The maximum atomic E-state index is 11.7. The lowest BCUT2D eigenvalue weighted by Gasteiger charge is -2.10. The second-order valence-corrected chi connectivity index (χ2v) is 5.63. The minimum Gasteiger partial charge on any atom is -0.356 e. The van der Waals surface area contributed by atoms with Crippen molar-refractivity contribution in [3.05, 3.63) is 0 Å². The third-order valence-corrected chi connectivity index (χ3v) is 3.12.